The number of halogens is 1. The predicted octanol–water partition coefficient (Wildman–Crippen LogP) is 3.21. The molecule has 4 rings (SSSR count). The number of benzene rings is 1. The van der Waals surface area contributed by atoms with Crippen LogP contribution >= 0.6 is 24.0 Å². The normalized spacial score (nSPS) is 14.4. The van der Waals surface area contributed by atoms with E-state index in [1.807, 2.05) is 50.4 Å². The molecule has 1 aliphatic rings. The third kappa shape index (κ3) is 5.36. The Morgan fingerprint density at radius 1 is 1.06 bits per heavy atom. The number of hydrogen-bond donors (Lipinski definition) is 1. The molecule has 1 saturated heterocycles. The Morgan fingerprint density at radius 3 is 2.48 bits per heavy atom. The molecule has 0 aliphatic carbocycles. The lowest BCUT2D eigenvalue weighted by Gasteiger charge is -2.37. The van der Waals surface area contributed by atoms with Gasteiger partial charge in [-0.15, -0.1) is 24.0 Å². The summed E-state index contributed by atoms with van der Waals surface area (Å²) in [6.45, 7) is 4.39. The summed E-state index contributed by atoms with van der Waals surface area (Å²) in [5.41, 5.74) is 2.23. The van der Waals surface area contributed by atoms with Crippen molar-refractivity contribution in [2.24, 2.45) is 4.99 Å². The molecular formula is C23H30IN7. The van der Waals surface area contributed by atoms with Gasteiger partial charge >= 0.3 is 0 Å². The van der Waals surface area contributed by atoms with E-state index in [0.29, 0.717) is 6.54 Å². The molecular weight excluding hydrogens is 501 g/mol. The molecule has 0 spiro atoms. The standard InChI is InChI=1S/C23H29N7.HI/c1-24-23(30-14-12-29(13-15-30)21-10-6-7-11-25-21)26-17-18-16-22(28(2)3)27-20-9-5-4-8-19(18)20;/h4-11,16H,12-15,17H2,1-3H3,(H,24,26);1H. The van der Waals surface area contributed by atoms with Crippen molar-refractivity contribution in [3.63, 3.8) is 0 Å². The molecule has 7 nitrogen and oxygen atoms in total. The number of anilines is 2. The van der Waals surface area contributed by atoms with Gasteiger partial charge in [-0.2, -0.15) is 0 Å². The van der Waals surface area contributed by atoms with Crippen molar-refractivity contribution >= 4 is 52.5 Å². The summed E-state index contributed by atoms with van der Waals surface area (Å²) >= 11 is 0. The van der Waals surface area contributed by atoms with E-state index < -0.39 is 0 Å². The number of para-hydroxylation sites is 1. The Morgan fingerprint density at radius 2 is 1.81 bits per heavy atom. The van der Waals surface area contributed by atoms with Crippen molar-refractivity contribution in [3.8, 4) is 0 Å². The highest BCUT2D eigenvalue weighted by Crippen LogP contribution is 2.22. The molecule has 0 amide bonds. The number of aliphatic imine (C=N–C) groups is 1. The van der Waals surface area contributed by atoms with Gasteiger partial charge < -0.3 is 20.0 Å². The van der Waals surface area contributed by atoms with E-state index in [-0.39, 0.29) is 24.0 Å². The van der Waals surface area contributed by atoms with E-state index in [0.717, 1.165) is 49.3 Å². The maximum atomic E-state index is 4.76. The Bertz CT molecular complexity index is 1010. The smallest absolute Gasteiger partial charge is 0.194 e. The fourth-order valence-electron chi connectivity index (χ4n) is 3.80. The summed E-state index contributed by atoms with van der Waals surface area (Å²) < 4.78 is 0. The fraction of sp³-hybridized carbons (Fsp3) is 0.348. The van der Waals surface area contributed by atoms with Crippen LogP contribution in [0.15, 0.2) is 59.7 Å². The average Bonchev–Trinajstić information content (AvgIpc) is 2.80. The second-order valence-corrected chi connectivity index (χ2v) is 7.61. The summed E-state index contributed by atoms with van der Waals surface area (Å²) in [6, 6.07) is 16.5. The van der Waals surface area contributed by atoms with Crippen molar-refractivity contribution in [2.45, 2.75) is 6.54 Å². The molecule has 3 aromatic rings. The Kier molecular flexibility index (Phi) is 7.89. The molecule has 0 bridgehead atoms. The Hall–Kier alpha value is -2.62. The van der Waals surface area contributed by atoms with Gasteiger partial charge in [0.25, 0.3) is 0 Å². The van der Waals surface area contributed by atoms with Crippen molar-refractivity contribution in [3.05, 3.63) is 60.3 Å². The molecule has 164 valence electrons. The maximum absolute atomic E-state index is 4.76. The highest BCUT2D eigenvalue weighted by molar-refractivity contribution is 14.0. The van der Waals surface area contributed by atoms with Crippen LogP contribution in [0.4, 0.5) is 11.6 Å². The van der Waals surface area contributed by atoms with E-state index in [1.165, 1.54) is 10.9 Å². The highest BCUT2D eigenvalue weighted by Gasteiger charge is 2.20. The molecule has 0 unspecified atom stereocenters. The number of piperazine rings is 1. The molecule has 31 heavy (non-hydrogen) atoms. The van der Waals surface area contributed by atoms with Crippen molar-refractivity contribution in [1.82, 2.24) is 20.2 Å². The number of aromatic nitrogens is 2. The summed E-state index contributed by atoms with van der Waals surface area (Å²) in [6.07, 6.45) is 1.85. The molecule has 8 heteroatoms. The van der Waals surface area contributed by atoms with Gasteiger partial charge in [0.05, 0.1) is 5.52 Å². The minimum Gasteiger partial charge on any atom is -0.363 e. The van der Waals surface area contributed by atoms with E-state index in [9.17, 15) is 0 Å². The number of rotatable bonds is 4. The molecule has 0 radical (unpaired) electrons. The SMILES string of the molecule is CN=C(NCc1cc(N(C)C)nc2ccccc12)N1CCN(c2ccccn2)CC1.I. The Balaban J connectivity index is 0.00000272. The monoisotopic (exact) mass is 531 g/mol. The topological polar surface area (TPSA) is 59.9 Å². The van der Waals surface area contributed by atoms with Gasteiger partial charge in [0.15, 0.2) is 5.96 Å². The summed E-state index contributed by atoms with van der Waals surface area (Å²) in [7, 11) is 5.89. The van der Waals surface area contributed by atoms with Gasteiger partial charge in [-0.25, -0.2) is 9.97 Å². The zero-order valence-corrected chi connectivity index (χ0v) is 20.7. The second-order valence-electron chi connectivity index (χ2n) is 7.61. The summed E-state index contributed by atoms with van der Waals surface area (Å²) in [4.78, 5) is 20.4. The largest absolute Gasteiger partial charge is 0.363 e. The number of guanidine groups is 1. The van der Waals surface area contributed by atoms with E-state index in [4.69, 9.17) is 4.98 Å². The van der Waals surface area contributed by atoms with Crippen LogP contribution in [0.2, 0.25) is 0 Å². The zero-order valence-electron chi connectivity index (χ0n) is 18.3. The molecule has 1 N–H and O–H groups in total. The van der Waals surface area contributed by atoms with Crippen molar-refractivity contribution in [2.75, 3.05) is 57.1 Å². The lowest BCUT2D eigenvalue weighted by Crippen LogP contribution is -2.52. The molecule has 0 atom stereocenters. The van der Waals surface area contributed by atoms with E-state index >= 15 is 0 Å². The molecule has 0 saturated carbocycles. The van der Waals surface area contributed by atoms with Crippen LogP contribution in [0, 0.1) is 0 Å². The molecule has 3 heterocycles. The van der Waals surface area contributed by atoms with Crippen LogP contribution in [-0.4, -0.2) is 68.1 Å². The molecule has 1 aromatic carbocycles. The average molecular weight is 531 g/mol. The first kappa shape index (κ1) is 23.1. The van der Waals surface area contributed by atoms with Gasteiger partial charge in [-0.1, -0.05) is 24.3 Å². The van der Waals surface area contributed by atoms with Gasteiger partial charge in [0.2, 0.25) is 0 Å². The van der Waals surface area contributed by atoms with E-state index in [1.54, 1.807) is 0 Å². The fourth-order valence-corrected chi connectivity index (χ4v) is 3.80. The second kappa shape index (κ2) is 10.6. The van der Waals surface area contributed by atoms with Crippen LogP contribution < -0.4 is 15.1 Å². The van der Waals surface area contributed by atoms with Gasteiger partial charge in [-0.3, -0.25) is 4.99 Å². The third-order valence-corrected chi connectivity index (χ3v) is 5.45. The number of fused-ring (bicyclic) bond motifs is 1. The highest BCUT2D eigenvalue weighted by atomic mass is 127. The first-order chi connectivity index (χ1) is 14.7. The maximum Gasteiger partial charge on any atom is 0.194 e. The van der Waals surface area contributed by atoms with Crippen LogP contribution in [0.3, 0.4) is 0 Å². The number of pyridine rings is 2. The van der Waals surface area contributed by atoms with Crippen LogP contribution in [0.25, 0.3) is 10.9 Å². The minimum absolute atomic E-state index is 0. The van der Waals surface area contributed by atoms with Crippen LogP contribution in [-0.2, 0) is 6.54 Å². The van der Waals surface area contributed by atoms with Crippen molar-refractivity contribution < 1.29 is 0 Å². The summed E-state index contributed by atoms with van der Waals surface area (Å²) in [5.74, 6) is 2.94. The lowest BCUT2D eigenvalue weighted by atomic mass is 10.1. The quantitative estimate of drug-likeness (QED) is 0.317. The number of hydrogen-bond acceptors (Lipinski definition) is 5. The third-order valence-electron chi connectivity index (χ3n) is 5.45. The van der Waals surface area contributed by atoms with Crippen LogP contribution in [0.5, 0.6) is 0 Å². The number of nitrogens with one attached hydrogen (secondary N) is 1. The predicted molar refractivity (Wildman–Crippen MR) is 140 cm³/mol. The van der Waals surface area contributed by atoms with Gasteiger partial charge in [0.1, 0.15) is 11.6 Å². The number of nitrogens with zero attached hydrogens (tertiary/aromatic N) is 6. The zero-order chi connectivity index (χ0) is 20.9. The minimum atomic E-state index is 0. The first-order valence-corrected chi connectivity index (χ1v) is 10.3. The van der Waals surface area contributed by atoms with Gasteiger partial charge in [-0.05, 0) is 29.8 Å². The Labute approximate surface area is 201 Å². The van der Waals surface area contributed by atoms with E-state index in [2.05, 4.69) is 55.4 Å². The lowest BCUT2D eigenvalue weighted by molar-refractivity contribution is 0.371. The van der Waals surface area contributed by atoms with Crippen molar-refractivity contribution in [1.29, 1.82) is 0 Å². The molecule has 1 aliphatic heterocycles. The first-order valence-electron chi connectivity index (χ1n) is 10.3. The molecule has 1 fully saturated rings. The van der Waals surface area contributed by atoms with Gasteiger partial charge in [0, 0.05) is 65.4 Å². The molecule has 2 aromatic heterocycles. The summed E-state index contributed by atoms with van der Waals surface area (Å²) in [5, 5.41) is 4.74. The van der Waals surface area contributed by atoms with Crippen LogP contribution in [0.1, 0.15) is 5.56 Å².